The van der Waals surface area contributed by atoms with Crippen molar-refractivity contribution in [3.8, 4) is 0 Å². The third-order valence-corrected chi connectivity index (χ3v) is 1.59. The zero-order valence-corrected chi connectivity index (χ0v) is 4.98. The van der Waals surface area contributed by atoms with Gasteiger partial charge in [-0.1, -0.05) is 0 Å². The van der Waals surface area contributed by atoms with Crippen LogP contribution >= 0.6 is 0 Å². The van der Waals surface area contributed by atoms with E-state index in [1.54, 1.807) is 0 Å². The average Bonchev–Trinajstić information content (AvgIpc) is 1.37. The van der Waals surface area contributed by atoms with Gasteiger partial charge in [0.2, 0.25) is 0 Å². The van der Waals surface area contributed by atoms with Gasteiger partial charge in [0.1, 0.15) is 0 Å². The van der Waals surface area contributed by atoms with Crippen LogP contribution in [-0.4, -0.2) is 0 Å². The van der Waals surface area contributed by atoms with Crippen molar-refractivity contribution in [2.45, 2.75) is 9.28 Å². The van der Waals surface area contributed by atoms with Crippen LogP contribution in [0.1, 0.15) is 0 Å². The summed E-state index contributed by atoms with van der Waals surface area (Å²) in [5.74, 6) is 0. The van der Waals surface area contributed by atoms with Crippen LogP contribution in [0.25, 0.3) is 0 Å². The third kappa shape index (κ3) is 3.48. The summed E-state index contributed by atoms with van der Waals surface area (Å²) in [5, 5.41) is 0. The Balaban J connectivity index is 1.97. The number of hydrogen-bond donors (Lipinski definition) is 0. The standard InChI is InChI=1S/C2H4.2Ag/c1-2;;/h1-2H2;;. The predicted octanol–water partition coefficient (Wildman–Crippen LogP) is 0.917. The van der Waals surface area contributed by atoms with Crippen molar-refractivity contribution in [1.82, 2.24) is 0 Å². The van der Waals surface area contributed by atoms with Crippen molar-refractivity contribution in [3.63, 3.8) is 0 Å². The molecule has 0 aliphatic carbocycles. The predicted molar refractivity (Wildman–Crippen MR) is 9.61 cm³/mol. The van der Waals surface area contributed by atoms with E-state index in [2.05, 4.69) is 42.1 Å². The molecular formula is C2H4Ag2. The van der Waals surface area contributed by atoms with Crippen LogP contribution < -0.4 is 0 Å². The second-order valence-corrected chi connectivity index (χ2v) is 1.78. The maximum atomic E-state index is 3.22. The Hall–Kier alpha value is 1.48. The van der Waals surface area contributed by atoms with E-state index in [4.69, 9.17) is 0 Å². The van der Waals surface area contributed by atoms with Gasteiger partial charge < -0.3 is 0 Å². The molecule has 0 aliphatic heterocycles. The van der Waals surface area contributed by atoms with Crippen LogP contribution in [0.2, 0.25) is 9.28 Å². The fourth-order valence-corrected chi connectivity index (χ4v) is 0. The van der Waals surface area contributed by atoms with Crippen molar-refractivity contribution in [1.29, 1.82) is 0 Å². The topological polar surface area (TPSA) is 0 Å². The van der Waals surface area contributed by atoms with E-state index in [1.165, 1.54) is 0 Å². The van der Waals surface area contributed by atoms with Crippen molar-refractivity contribution >= 4 is 0 Å². The summed E-state index contributed by atoms with van der Waals surface area (Å²) >= 11 is 6.43. The minimum absolute atomic E-state index is 1.04. The molecule has 0 atom stereocenters. The fourth-order valence-electron chi connectivity index (χ4n) is 0. The summed E-state index contributed by atoms with van der Waals surface area (Å²) in [7, 11) is 0. The van der Waals surface area contributed by atoms with E-state index >= 15 is 0 Å². The molecule has 0 nitrogen and oxygen atoms in total. The van der Waals surface area contributed by atoms with Gasteiger partial charge in [0.25, 0.3) is 0 Å². The first kappa shape index (κ1) is 5.48. The first-order valence-corrected chi connectivity index (χ1v) is 3.02. The van der Waals surface area contributed by atoms with Crippen molar-refractivity contribution < 1.29 is 42.1 Å². The van der Waals surface area contributed by atoms with E-state index in [0.717, 1.165) is 9.28 Å². The molecule has 34 valence electrons. The van der Waals surface area contributed by atoms with E-state index in [1.807, 2.05) is 0 Å². The molecule has 0 aliphatic rings. The van der Waals surface area contributed by atoms with Gasteiger partial charge in [-0.2, -0.15) is 0 Å². The first-order valence-electron chi connectivity index (χ1n) is 0.926. The van der Waals surface area contributed by atoms with Crippen LogP contribution in [0.3, 0.4) is 0 Å². The Bertz CT molecular complexity index is 6.00. The second-order valence-electron chi connectivity index (χ2n) is 0.302. The van der Waals surface area contributed by atoms with Crippen LogP contribution in [0.5, 0.6) is 0 Å². The Kier molecular flexibility index (Phi) is 6.14. The zero-order chi connectivity index (χ0) is 3.41. The van der Waals surface area contributed by atoms with E-state index in [-0.39, 0.29) is 0 Å². The molecule has 0 fully saturated rings. The molecule has 0 rings (SSSR count). The number of hydrogen-bond acceptors (Lipinski definition) is 0. The molecule has 0 saturated heterocycles. The van der Waals surface area contributed by atoms with Gasteiger partial charge in [-0.05, 0) is 0 Å². The Morgan fingerprint density at radius 2 is 1.25 bits per heavy atom. The molecule has 4 heavy (non-hydrogen) atoms. The monoisotopic (exact) mass is 242 g/mol. The molecule has 0 aromatic rings. The molecule has 0 spiro atoms. The van der Waals surface area contributed by atoms with Gasteiger partial charge in [-0.25, -0.2) is 0 Å². The summed E-state index contributed by atoms with van der Waals surface area (Å²) in [6.07, 6.45) is 0. The van der Waals surface area contributed by atoms with Crippen molar-refractivity contribution in [2.75, 3.05) is 0 Å². The van der Waals surface area contributed by atoms with Gasteiger partial charge in [0, 0.05) is 0 Å². The van der Waals surface area contributed by atoms with Crippen LogP contribution in [0.4, 0.5) is 0 Å². The molecule has 0 aromatic heterocycles. The van der Waals surface area contributed by atoms with E-state index in [9.17, 15) is 0 Å². The van der Waals surface area contributed by atoms with Gasteiger partial charge >= 0.3 is 51.4 Å². The number of rotatable bonds is 1. The minimum atomic E-state index is 1.04. The van der Waals surface area contributed by atoms with Gasteiger partial charge in [-0.3, -0.25) is 0 Å². The first-order chi connectivity index (χ1) is 1.91. The molecule has 0 heterocycles. The maximum absolute atomic E-state index is 3.22. The third-order valence-electron chi connectivity index (χ3n) is 0.0455. The van der Waals surface area contributed by atoms with E-state index < -0.39 is 0 Å². The zero-order valence-electron chi connectivity index (χ0n) is 2.02. The van der Waals surface area contributed by atoms with Gasteiger partial charge in [0.15, 0.2) is 0 Å². The Labute approximate surface area is 51.2 Å². The SMILES string of the molecule is [Ag][CH2][CH2][Ag]. The molecular weight excluding hydrogens is 240 g/mol. The Morgan fingerprint density at radius 1 is 1.00 bits per heavy atom. The van der Waals surface area contributed by atoms with Gasteiger partial charge in [-0.15, -0.1) is 0 Å². The van der Waals surface area contributed by atoms with Gasteiger partial charge in [0.05, 0.1) is 0 Å². The normalized spacial score (nSPS) is 8.00. The molecule has 0 saturated carbocycles. The summed E-state index contributed by atoms with van der Waals surface area (Å²) in [4.78, 5) is 0. The molecule has 0 N–H and O–H groups in total. The summed E-state index contributed by atoms with van der Waals surface area (Å²) in [6.45, 7) is 0. The van der Waals surface area contributed by atoms with Crippen molar-refractivity contribution in [3.05, 3.63) is 0 Å². The summed E-state index contributed by atoms with van der Waals surface area (Å²) in [5.41, 5.74) is 0. The Morgan fingerprint density at radius 3 is 1.25 bits per heavy atom. The average molecular weight is 244 g/mol. The molecule has 0 aromatic carbocycles. The summed E-state index contributed by atoms with van der Waals surface area (Å²) in [6, 6.07) is 0. The molecule has 0 bridgehead atoms. The van der Waals surface area contributed by atoms with Crippen molar-refractivity contribution in [2.24, 2.45) is 0 Å². The summed E-state index contributed by atoms with van der Waals surface area (Å²) < 4.78 is 2.09. The molecule has 2 heteroatoms. The molecule has 0 radical (unpaired) electrons. The quantitative estimate of drug-likeness (QED) is 0.601. The van der Waals surface area contributed by atoms with Crippen LogP contribution in [-0.2, 0) is 42.1 Å². The van der Waals surface area contributed by atoms with Crippen LogP contribution in [0, 0.1) is 0 Å². The van der Waals surface area contributed by atoms with Crippen LogP contribution in [0.15, 0.2) is 0 Å². The molecule has 0 amide bonds. The van der Waals surface area contributed by atoms with E-state index in [0.29, 0.717) is 0 Å². The fraction of sp³-hybridized carbons (Fsp3) is 1.00. The molecule has 0 unspecified atom stereocenters. The second kappa shape index (κ2) is 4.48.